The van der Waals surface area contributed by atoms with Crippen molar-refractivity contribution in [2.75, 3.05) is 6.61 Å². The highest BCUT2D eigenvalue weighted by molar-refractivity contribution is 6.30. The van der Waals surface area contributed by atoms with Gasteiger partial charge < -0.3 is 14.8 Å². The Morgan fingerprint density at radius 3 is 2.91 bits per heavy atom. The molecule has 7 heteroatoms. The van der Waals surface area contributed by atoms with Crippen molar-refractivity contribution in [2.45, 2.75) is 6.04 Å². The number of carbonyl (C=O) groups is 1. The van der Waals surface area contributed by atoms with Gasteiger partial charge in [-0.15, -0.1) is 0 Å². The Labute approximate surface area is 137 Å². The Morgan fingerprint density at radius 1 is 1.35 bits per heavy atom. The Hall–Kier alpha value is -2.57. The van der Waals surface area contributed by atoms with Crippen LogP contribution in [-0.2, 0) is 0 Å². The molecule has 3 aromatic rings. The smallest absolute Gasteiger partial charge is 0.272 e. The summed E-state index contributed by atoms with van der Waals surface area (Å²) in [5, 5.41) is 16.9. The molecule has 0 saturated heterocycles. The van der Waals surface area contributed by atoms with Gasteiger partial charge in [0, 0.05) is 11.2 Å². The number of carbonyl (C=O) groups excluding carboxylic acids is 1. The summed E-state index contributed by atoms with van der Waals surface area (Å²) < 4.78 is 6.75. The molecule has 3 rings (SSSR count). The minimum absolute atomic E-state index is 0.231. The van der Waals surface area contributed by atoms with E-state index in [1.807, 2.05) is 6.07 Å². The molecule has 1 amide bonds. The Balaban J connectivity index is 1.76. The van der Waals surface area contributed by atoms with E-state index < -0.39 is 11.9 Å². The number of hydrogen-bond donors (Lipinski definition) is 2. The Kier molecular flexibility index (Phi) is 4.45. The fraction of sp³-hybridized carbons (Fsp3) is 0.125. The second-order valence-corrected chi connectivity index (χ2v) is 5.29. The van der Waals surface area contributed by atoms with Crippen LogP contribution in [0.4, 0.5) is 0 Å². The number of halogens is 1. The standard InChI is InChI=1S/C16H14ClN3O3/c17-11-3-1-4-12(9-11)20-7-6-13(19-20)16(22)18-14(10-21)15-5-2-8-23-15/h1-9,14,21H,10H2,(H,18,22). The number of nitrogens with one attached hydrogen (secondary N) is 1. The molecule has 23 heavy (non-hydrogen) atoms. The molecule has 0 spiro atoms. The van der Waals surface area contributed by atoms with E-state index in [9.17, 15) is 9.90 Å². The van der Waals surface area contributed by atoms with Gasteiger partial charge in [0.25, 0.3) is 5.91 Å². The summed E-state index contributed by atoms with van der Waals surface area (Å²) in [5.74, 6) is 0.0800. The van der Waals surface area contributed by atoms with Gasteiger partial charge >= 0.3 is 0 Å². The summed E-state index contributed by atoms with van der Waals surface area (Å²) in [4.78, 5) is 12.3. The molecule has 6 nitrogen and oxygen atoms in total. The van der Waals surface area contributed by atoms with Crippen LogP contribution in [0.25, 0.3) is 5.69 Å². The fourth-order valence-corrected chi connectivity index (χ4v) is 2.32. The number of aliphatic hydroxyl groups is 1. The highest BCUT2D eigenvalue weighted by Crippen LogP contribution is 2.16. The van der Waals surface area contributed by atoms with Gasteiger partial charge in [0.05, 0.1) is 18.6 Å². The minimum atomic E-state index is -0.617. The van der Waals surface area contributed by atoms with E-state index in [0.29, 0.717) is 10.8 Å². The predicted octanol–water partition coefficient (Wildman–Crippen LogP) is 2.58. The highest BCUT2D eigenvalue weighted by Gasteiger charge is 2.19. The van der Waals surface area contributed by atoms with Gasteiger partial charge in [-0.25, -0.2) is 4.68 Å². The fourth-order valence-electron chi connectivity index (χ4n) is 2.14. The molecule has 2 heterocycles. The molecule has 1 unspecified atom stereocenters. The van der Waals surface area contributed by atoms with Crippen LogP contribution in [0.2, 0.25) is 5.02 Å². The molecule has 118 valence electrons. The zero-order chi connectivity index (χ0) is 16.2. The number of nitrogens with zero attached hydrogens (tertiary/aromatic N) is 2. The van der Waals surface area contributed by atoms with E-state index >= 15 is 0 Å². The third-order valence-corrected chi connectivity index (χ3v) is 3.50. The summed E-state index contributed by atoms with van der Waals surface area (Å²) in [6, 6.07) is 11.5. The topological polar surface area (TPSA) is 80.3 Å². The monoisotopic (exact) mass is 331 g/mol. The second kappa shape index (κ2) is 6.68. The second-order valence-electron chi connectivity index (χ2n) is 4.85. The number of hydrogen-bond acceptors (Lipinski definition) is 4. The molecule has 2 N–H and O–H groups in total. The van der Waals surface area contributed by atoms with E-state index in [4.69, 9.17) is 16.0 Å². The van der Waals surface area contributed by atoms with Crippen molar-refractivity contribution in [3.05, 3.63) is 71.4 Å². The number of rotatable bonds is 5. The summed E-state index contributed by atoms with van der Waals surface area (Å²) in [6.45, 7) is -0.270. The van der Waals surface area contributed by atoms with E-state index in [1.165, 1.54) is 6.26 Å². The third-order valence-electron chi connectivity index (χ3n) is 3.27. The van der Waals surface area contributed by atoms with E-state index in [-0.39, 0.29) is 12.3 Å². The van der Waals surface area contributed by atoms with Gasteiger partial charge in [-0.2, -0.15) is 5.10 Å². The van der Waals surface area contributed by atoms with Gasteiger partial charge in [0.2, 0.25) is 0 Å². The molecular weight excluding hydrogens is 318 g/mol. The molecule has 1 atom stereocenters. The average Bonchev–Trinajstić information content (AvgIpc) is 3.23. The number of aromatic nitrogens is 2. The molecular formula is C16H14ClN3O3. The SMILES string of the molecule is O=C(NC(CO)c1ccco1)c1ccn(-c2cccc(Cl)c2)n1. The number of furan rings is 1. The van der Waals surface area contributed by atoms with Crippen molar-refractivity contribution >= 4 is 17.5 Å². The van der Waals surface area contributed by atoms with Crippen molar-refractivity contribution in [3.63, 3.8) is 0 Å². The Bertz CT molecular complexity index is 799. The summed E-state index contributed by atoms with van der Waals surface area (Å²) >= 11 is 5.95. The Morgan fingerprint density at radius 2 is 2.22 bits per heavy atom. The molecule has 0 saturated carbocycles. The van der Waals surface area contributed by atoms with Gasteiger partial charge in [-0.3, -0.25) is 4.79 Å². The quantitative estimate of drug-likeness (QED) is 0.753. The maximum atomic E-state index is 12.3. The van der Waals surface area contributed by atoms with Crippen LogP contribution in [0.15, 0.2) is 59.3 Å². The first-order valence-electron chi connectivity index (χ1n) is 6.94. The maximum absolute atomic E-state index is 12.3. The van der Waals surface area contributed by atoms with E-state index in [2.05, 4.69) is 10.4 Å². The molecule has 2 aromatic heterocycles. The maximum Gasteiger partial charge on any atom is 0.272 e. The van der Waals surface area contributed by atoms with Crippen molar-refractivity contribution in [2.24, 2.45) is 0 Å². The summed E-state index contributed by atoms with van der Waals surface area (Å²) in [7, 11) is 0. The molecule has 0 aliphatic heterocycles. The van der Waals surface area contributed by atoms with Gasteiger partial charge in [-0.1, -0.05) is 17.7 Å². The van der Waals surface area contributed by atoms with Crippen molar-refractivity contribution in [1.29, 1.82) is 0 Å². The molecule has 0 aliphatic rings. The zero-order valence-corrected chi connectivity index (χ0v) is 12.8. The van der Waals surface area contributed by atoms with E-state index in [0.717, 1.165) is 5.69 Å². The van der Waals surface area contributed by atoms with Crippen LogP contribution in [-0.4, -0.2) is 27.4 Å². The number of benzene rings is 1. The first-order valence-corrected chi connectivity index (χ1v) is 7.32. The zero-order valence-electron chi connectivity index (χ0n) is 12.0. The van der Waals surface area contributed by atoms with Crippen LogP contribution in [0.5, 0.6) is 0 Å². The van der Waals surface area contributed by atoms with E-state index in [1.54, 1.807) is 47.3 Å². The van der Waals surface area contributed by atoms with Crippen LogP contribution in [0.1, 0.15) is 22.3 Å². The first kappa shape index (κ1) is 15.3. The lowest BCUT2D eigenvalue weighted by atomic mass is 10.2. The lowest BCUT2D eigenvalue weighted by Crippen LogP contribution is -2.30. The lowest BCUT2D eigenvalue weighted by molar-refractivity contribution is 0.0902. The molecule has 0 aliphatic carbocycles. The van der Waals surface area contributed by atoms with Crippen molar-refractivity contribution < 1.29 is 14.3 Å². The largest absolute Gasteiger partial charge is 0.467 e. The van der Waals surface area contributed by atoms with Gasteiger partial charge in [0.1, 0.15) is 11.8 Å². The number of aliphatic hydroxyl groups excluding tert-OH is 1. The highest BCUT2D eigenvalue weighted by atomic mass is 35.5. The van der Waals surface area contributed by atoms with Gasteiger partial charge in [0.15, 0.2) is 5.69 Å². The molecule has 0 bridgehead atoms. The number of amides is 1. The summed E-state index contributed by atoms with van der Waals surface area (Å²) in [6.07, 6.45) is 3.15. The predicted molar refractivity (Wildman–Crippen MR) is 84.6 cm³/mol. The van der Waals surface area contributed by atoms with Crippen LogP contribution in [0, 0.1) is 0 Å². The average molecular weight is 332 g/mol. The normalized spacial score (nSPS) is 12.1. The molecule has 0 fully saturated rings. The van der Waals surface area contributed by atoms with Crippen molar-refractivity contribution in [1.82, 2.24) is 15.1 Å². The van der Waals surface area contributed by atoms with Crippen molar-refractivity contribution in [3.8, 4) is 5.69 Å². The van der Waals surface area contributed by atoms with Crippen LogP contribution < -0.4 is 5.32 Å². The first-order chi connectivity index (χ1) is 11.2. The van der Waals surface area contributed by atoms with Crippen LogP contribution >= 0.6 is 11.6 Å². The lowest BCUT2D eigenvalue weighted by Gasteiger charge is -2.12. The summed E-state index contributed by atoms with van der Waals surface area (Å²) in [5.41, 5.74) is 0.983. The third kappa shape index (κ3) is 3.44. The minimum Gasteiger partial charge on any atom is -0.467 e. The molecule has 0 radical (unpaired) electrons. The van der Waals surface area contributed by atoms with Crippen LogP contribution in [0.3, 0.4) is 0 Å². The van der Waals surface area contributed by atoms with Gasteiger partial charge in [-0.05, 0) is 36.4 Å². The molecule has 1 aromatic carbocycles.